The van der Waals surface area contributed by atoms with Gasteiger partial charge < -0.3 is 29.9 Å². The van der Waals surface area contributed by atoms with Gasteiger partial charge >= 0.3 is 5.97 Å². The van der Waals surface area contributed by atoms with Crippen molar-refractivity contribution in [1.29, 1.82) is 0 Å². The van der Waals surface area contributed by atoms with Crippen molar-refractivity contribution in [2.45, 2.75) is 78.7 Å². The van der Waals surface area contributed by atoms with Crippen molar-refractivity contribution in [3.63, 3.8) is 0 Å². The van der Waals surface area contributed by atoms with E-state index in [9.17, 15) is 18.0 Å². The van der Waals surface area contributed by atoms with Gasteiger partial charge in [0.1, 0.15) is 0 Å². The number of amides is 2. The molecule has 334 valence electrons. The number of esters is 1. The largest absolute Gasteiger partial charge is 0.469 e. The van der Waals surface area contributed by atoms with Gasteiger partial charge in [-0.2, -0.15) is 4.31 Å². The van der Waals surface area contributed by atoms with Gasteiger partial charge in [-0.3, -0.25) is 24.2 Å². The predicted molar refractivity (Wildman–Crippen MR) is 238 cm³/mol. The number of nitrogens with one attached hydrogen (secondary N) is 2. The second kappa shape index (κ2) is 18.5. The highest BCUT2D eigenvalue weighted by atomic mass is 32.2. The molecule has 4 N–H and O–H groups in total. The van der Waals surface area contributed by atoms with Gasteiger partial charge in [-0.05, 0) is 81.0 Å². The molecule has 0 aromatic carbocycles. The monoisotopic (exact) mass is 872 g/mol. The Morgan fingerprint density at radius 3 is 2.29 bits per heavy atom. The van der Waals surface area contributed by atoms with E-state index in [0.717, 1.165) is 50.8 Å². The van der Waals surface area contributed by atoms with Crippen molar-refractivity contribution >= 4 is 61.1 Å². The first-order valence-electron chi connectivity index (χ1n) is 21.6. The number of rotatable bonds is 15. The molecule has 8 bridgehead atoms. The summed E-state index contributed by atoms with van der Waals surface area (Å²) in [7, 11) is -1.96. The van der Waals surface area contributed by atoms with E-state index in [1.54, 1.807) is 0 Å². The van der Waals surface area contributed by atoms with Gasteiger partial charge in [0.25, 0.3) is 11.8 Å². The maximum Gasteiger partial charge on any atom is 0.305 e. The van der Waals surface area contributed by atoms with Crippen LogP contribution < -0.4 is 5.73 Å². The normalized spacial score (nSPS) is 19.7. The first kappa shape index (κ1) is 45.3. The molecule has 5 aliphatic heterocycles. The number of nitrogens with two attached hydrogens (primary N) is 1. The lowest BCUT2D eigenvalue weighted by molar-refractivity contribution is -0.140. The minimum absolute atomic E-state index is 0.103. The van der Waals surface area contributed by atoms with Crippen LogP contribution in [0.3, 0.4) is 0 Å². The van der Waals surface area contributed by atoms with E-state index in [0.29, 0.717) is 105 Å². The Morgan fingerprint density at radius 1 is 0.919 bits per heavy atom. The van der Waals surface area contributed by atoms with E-state index >= 15 is 4.79 Å². The first-order valence-corrected chi connectivity index (χ1v) is 23.4. The van der Waals surface area contributed by atoms with E-state index < -0.39 is 21.8 Å². The zero-order chi connectivity index (χ0) is 44.6. The number of methoxy groups -OCH3 is 1. The van der Waals surface area contributed by atoms with Crippen molar-refractivity contribution in [3.05, 3.63) is 69.1 Å². The molecule has 3 atom stereocenters. The summed E-state index contributed by atoms with van der Waals surface area (Å²) < 4.78 is 42.8. The quantitative estimate of drug-likeness (QED) is 0.123. The maximum absolute atomic E-state index is 15.1. The number of hydrogen-bond donors (Lipinski definition) is 3. The van der Waals surface area contributed by atoms with Gasteiger partial charge in [0, 0.05) is 86.5 Å². The number of piperazine rings is 1. The van der Waals surface area contributed by atoms with Crippen LogP contribution in [-0.2, 0) is 29.0 Å². The van der Waals surface area contributed by atoms with E-state index in [4.69, 9.17) is 29.9 Å². The maximum atomic E-state index is 15.1. The van der Waals surface area contributed by atoms with E-state index in [1.807, 2.05) is 39.0 Å². The number of carbonyl (C=O) groups excluding carboxylic acids is 3. The van der Waals surface area contributed by atoms with Crippen LogP contribution >= 0.6 is 0 Å². The number of fused-ring (bicyclic) bond motifs is 8. The van der Waals surface area contributed by atoms with Crippen molar-refractivity contribution < 1.29 is 37.0 Å². The molecule has 1 fully saturated rings. The van der Waals surface area contributed by atoms with Gasteiger partial charge in [-0.25, -0.2) is 18.4 Å². The average Bonchev–Trinajstić information content (AvgIpc) is 3.92. The highest BCUT2D eigenvalue weighted by Gasteiger charge is 2.41. The number of aromatic nitrogens is 4. The summed E-state index contributed by atoms with van der Waals surface area (Å²) in [6.07, 6.45) is 2.08. The third-order valence-corrected chi connectivity index (χ3v) is 14.3. The van der Waals surface area contributed by atoms with E-state index in [-0.39, 0.29) is 36.9 Å². The lowest BCUT2D eigenvalue weighted by atomic mass is 9.84. The van der Waals surface area contributed by atoms with Crippen LogP contribution in [0.2, 0.25) is 0 Å². The van der Waals surface area contributed by atoms with Crippen LogP contribution in [0.5, 0.6) is 0 Å². The molecule has 62 heavy (non-hydrogen) atoms. The minimum Gasteiger partial charge on any atom is -0.469 e. The first-order chi connectivity index (χ1) is 29.6. The molecule has 5 aliphatic rings. The molecule has 1 unspecified atom stereocenters. The highest BCUT2D eigenvalue weighted by molar-refractivity contribution is 7.88. The average molecular weight is 873 g/mol. The minimum atomic E-state index is -3.33. The summed E-state index contributed by atoms with van der Waals surface area (Å²) in [4.78, 5) is 63.3. The summed E-state index contributed by atoms with van der Waals surface area (Å²) in [6, 6.07) is 6.00. The van der Waals surface area contributed by atoms with Crippen molar-refractivity contribution in [1.82, 2.24) is 34.0 Å². The summed E-state index contributed by atoms with van der Waals surface area (Å²) in [5.74, 6) is -1.74. The molecule has 2 aromatic rings. The van der Waals surface area contributed by atoms with Crippen molar-refractivity contribution in [3.8, 4) is 0 Å². The van der Waals surface area contributed by atoms with Gasteiger partial charge in [-0.1, -0.05) is 13.8 Å². The third kappa shape index (κ3) is 8.75. The van der Waals surface area contributed by atoms with Crippen molar-refractivity contribution in [2.75, 3.05) is 79.0 Å². The number of nitrogens with zero attached hydrogens (tertiary/aromatic N) is 5. The number of imide groups is 1. The van der Waals surface area contributed by atoms with Gasteiger partial charge in [-0.15, -0.1) is 0 Å². The number of carbonyl (C=O) groups is 3. The molecule has 0 saturated carbocycles. The number of hydrogen-bond acceptors (Lipinski definition) is 12. The third-order valence-electron chi connectivity index (χ3n) is 13.0. The molecule has 2 aromatic heterocycles. The number of allylic oxidation sites excluding steroid dienone is 3. The van der Waals surface area contributed by atoms with Crippen LogP contribution in [0.1, 0.15) is 126 Å². The summed E-state index contributed by atoms with van der Waals surface area (Å²) in [5.41, 5.74) is 16.5. The van der Waals surface area contributed by atoms with Gasteiger partial charge in [0.05, 0.1) is 78.7 Å². The van der Waals surface area contributed by atoms with Gasteiger partial charge in [0.2, 0.25) is 10.0 Å². The molecule has 2 amide bonds. The van der Waals surface area contributed by atoms with E-state index in [2.05, 4.69) is 35.6 Å². The Hall–Kier alpha value is -4.78. The summed E-state index contributed by atoms with van der Waals surface area (Å²) >= 11 is 0. The molecule has 16 nitrogen and oxygen atoms in total. The van der Waals surface area contributed by atoms with Crippen LogP contribution in [0.15, 0.2) is 18.2 Å². The standard InChI is InChI=1S/C45H60N8O8S/c1-9-30-25(2)32-24-37-39(29(6)61-21-20-60-19-12-46)27(4)34(48-37)22-33-26(3)31(10-11-38(54)59-7)42(49-33)41-43-40(28(5)35(50-43)23-36(30)47-32)44(55)53(45(41)56)18-15-51-13-16-52(17-14-51)62(8,57)58/h22-24,26,29,31,49-50H,9-21,46H2,1-8H3/t26-,29?,31-/m0/s1. The van der Waals surface area contributed by atoms with Crippen LogP contribution in [0, 0.1) is 6.92 Å². The number of H-pyrrole nitrogens is 2. The molecular formula is C45H60N8O8S. The highest BCUT2D eigenvalue weighted by Crippen LogP contribution is 2.45. The molecule has 0 aliphatic carbocycles. The fraction of sp³-hybridized carbons (Fsp3) is 0.533. The van der Waals surface area contributed by atoms with Gasteiger partial charge in [0.15, 0.2) is 0 Å². The fourth-order valence-corrected chi connectivity index (χ4v) is 10.2. The number of ether oxygens (including phenoxy) is 3. The predicted octanol–water partition coefficient (Wildman–Crippen LogP) is 5.01. The molecule has 1 saturated heterocycles. The molecular weight excluding hydrogens is 813 g/mol. The molecule has 0 radical (unpaired) electrons. The second-order valence-electron chi connectivity index (χ2n) is 16.7. The zero-order valence-corrected chi connectivity index (χ0v) is 38.0. The number of sulfonamides is 1. The fourth-order valence-electron chi connectivity index (χ4n) is 9.34. The van der Waals surface area contributed by atoms with Crippen LogP contribution in [-0.4, -0.2) is 145 Å². The topological polar surface area (TPSA) is 206 Å². The Labute approximate surface area is 363 Å². The Balaban J connectivity index is 1.43. The molecule has 17 heteroatoms. The number of aromatic amines is 2. The summed E-state index contributed by atoms with van der Waals surface area (Å²) in [6.45, 7) is 15.9. The summed E-state index contributed by atoms with van der Waals surface area (Å²) in [5, 5.41) is 0. The number of aryl methyl sites for hydroxylation is 1. The van der Waals surface area contributed by atoms with Crippen LogP contribution in [0.25, 0.3) is 33.3 Å². The smallest absolute Gasteiger partial charge is 0.305 e. The lowest BCUT2D eigenvalue weighted by Crippen LogP contribution is -2.51. The Bertz CT molecular complexity index is 2510. The SMILES string of the molecule is CCC1=C(C)c2cc3nc(cc4[nH]c(c5c6[nH]c(cc1n2)c(C)c6C(=O)N(CCN1CCN(S(C)(=O)=O)CC1)C5=O)[C@@H](CCC(=O)OC)[C@@H]4C)C(C)=C3C(C)OCCOCCN. The second-order valence-corrected chi connectivity index (χ2v) is 18.6. The molecule has 7 heterocycles. The lowest BCUT2D eigenvalue weighted by Gasteiger charge is -2.35. The molecule has 0 spiro atoms. The van der Waals surface area contributed by atoms with Crippen LogP contribution in [0.4, 0.5) is 0 Å². The van der Waals surface area contributed by atoms with E-state index in [1.165, 1.54) is 22.6 Å². The molecule has 7 rings (SSSR count). The van der Waals surface area contributed by atoms with Crippen molar-refractivity contribution in [2.24, 2.45) is 5.73 Å². The Kier molecular flexibility index (Phi) is 13.5. The zero-order valence-electron chi connectivity index (χ0n) is 37.1. The Morgan fingerprint density at radius 2 is 1.61 bits per heavy atom.